The Balaban J connectivity index is 1.65. The maximum absolute atomic E-state index is 3.78. The van der Waals surface area contributed by atoms with Gasteiger partial charge in [0.05, 0.1) is 0 Å². The van der Waals surface area contributed by atoms with Gasteiger partial charge in [0.1, 0.15) is 0 Å². The molecule has 2 heteroatoms. The molecule has 1 atom stereocenters. The summed E-state index contributed by atoms with van der Waals surface area (Å²) < 4.78 is 0. The molecule has 1 saturated heterocycles. The van der Waals surface area contributed by atoms with Crippen molar-refractivity contribution in [2.45, 2.75) is 58.9 Å². The molecule has 2 rings (SSSR count). The van der Waals surface area contributed by atoms with E-state index in [-0.39, 0.29) is 0 Å². The van der Waals surface area contributed by atoms with Gasteiger partial charge in [0.15, 0.2) is 0 Å². The third-order valence-electron chi connectivity index (χ3n) is 4.83. The Morgan fingerprint density at radius 1 is 1.29 bits per heavy atom. The molecule has 17 heavy (non-hydrogen) atoms. The highest BCUT2D eigenvalue weighted by molar-refractivity contribution is 4.92. The lowest BCUT2D eigenvalue weighted by molar-refractivity contribution is 0.161. The fourth-order valence-electron chi connectivity index (χ4n) is 2.96. The van der Waals surface area contributed by atoms with E-state index in [9.17, 15) is 0 Å². The molecule has 2 aliphatic rings. The molecule has 0 bridgehead atoms. The summed E-state index contributed by atoms with van der Waals surface area (Å²) >= 11 is 0. The lowest BCUT2D eigenvalue weighted by atomic mass is 9.90. The average molecular weight is 238 g/mol. The van der Waals surface area contributed by atoms with E-state index in [2.05, 4.69) is 31.0 Å². The number of nitrogens with zero attached hydrogens (tertiary/aromatic N) is 1. The Morgan fingerprint density at radius 3 is 2.47 bits per heavy atom. The van der Waals surface area contributed by atoms with Gasteiger partial charge in [-0.2, -0.15) is 0 Å². The quantitative estimate of drug-likeness (QED) is 0.765. The Labute approximate surface area is 107 Å². The summed E-state index contributed by atoms with van der Waals surface area (Å²) in [6, 6.07) is 0.719. The number of piperidine rings is 1. The second-order valence-electron chi connectivity index (χ2n) is 6.66. The van der Waals surface area contributed by atoms with E-state index in [4.69, 9.17) is 0 Å². The van der Waals surface area contributed by atoms with Crippen molar-refractivity contribution in [2.24, 2.45) is 11.3 Å². The summed E-state index contributed by atoms with van der Waals surface area (Å²) in [5.74, 6) is 0.908. The maximum atomic E-state index is 3.78. The van der Waals surface area contributed by atoms with Crippen molar-refractivity contribution in [3.05, 3.63) is 0 Å². The van der Waals surface area contributed by atoms with Crippen LogP contribution in [0.5, 0.6) is 0 Å². The van der Waals surface area contributed by atoms with Crippen LogP contribution in [0.25, 0.3) is 0 Å². The van der Waals surface area contributed by atoms with Crippen LogP contribution in [0.4, 0.5) is 0 Å². The first kappa shape index (κ1) is 13.4. The fraction of sp³-hybridized carbons (Fsp3) is 1.00. The van der Waals surface area contributed by atoms with Crippen molar-refractivity contribution in [3.8, 4) is 0 Å². The van der Waals surface area contributed by atoms with Crippen LogP contribution in [-0.2, 0) is 0 Å². The van der Waals surface area contributed by atoms with Crippen LogP contribution in [-0.4, -0.2) is 37.1 Å². The van der Waals surface area contributed by atoms with Crippen molar-refractivity contribution in [3.63, 3.8) is 0 Å². The molecule has 2 fully saturated rings. The van der Waals surface area contributed by atoms with Crippen LogP contribution in [0.1, 0.15) is 52.9 Å². The molecule has 0 aromatic heterocycles. The van der Waals surface area contributed by atoms with Crippen LogP contribution in [0, 0.1) is 11.3 Å². The Kier molecular flexibility index (Phi) is 4.48. The topological polar surface area (TPSA) is 15.3 Å². The van der Waals surface area contributed by atoms with Crippen LogP contribution >= 0.6 is 0 Å². The minimum atomic E-state index is 0.650. The maximum Gasteiger partial charge on any atom is 0.00681 e. The van der Waals surface area contributed by atoms with Gasteiger partial charge in [-0.25, -0.2) is 0 Å². The Morgan fingerprint density at radius 2 is 1.94 bits per heavy atom. The van der Waals surface area contributed by atoms with Crippen molar-refractivity contribution in [1.82, 2.24) is 10.2 Å². The van der Waals surface area contributed by atoms with Gasteiger partial charge in [-0.3, -0.25) is 0 Å². The smallest absolute Gasteiger partial charge is 0.00681 e. The van der Waals surface area contributed by atoms with Crippen LogP contribution in [0.2, 0.25) is 0 Å². The van der Waals surface area contributed by atoms with Gasteiger partial charge in [-0.15, -0.1) is 0 Å². The largest absolute Gasteiger partial charge is 0.313 e. The monoisotopic (exact) mass is 238 g/mol. The van der Waals surface area contributed by atoms with Crippen molar-refractivity contribution in [2.75, 3.05) is 26.2 Å². The highest BCUT2D eigenvalue weighted by atomic mass is 15.1. The molecule has 2 nitrogen and oxygen atoms in total. The van der Waals surface area contributed by atoms with E-state index in [1.54, 1.807) is 0 Å². The predicted octanol–water partition coefficient (Wildman–Crippen LogP) is 2.89. The molecule has 1 unspecified atom stereocenters. The molecule has 100 valence electrons. The zero-order valence-corrected chi connectivity index (χ0v) is 12.0. The molecular formula is C15H30N2. The van der Waals surface area contributed by atoms with Gasteiger partial charge < -0.3 is 10.2 Å². The van der Waals surface area contributed by atoms with Gasteiger partial charge in [0.25, 0.3) is 0 Å². The highest BCUT2D eigenvalue weighted by Gasteiger charge is 2.37. The van der Waals surface area contributed by atoms with Gasteiger partial charge in [0, 0.05) is 12.6 Å². The summed E-state index contributed by atoms with van der Waals surface area (Å²) in [6.07, 6.45) is 6.95. The third kappa shape index (κ3) is 3.96. The first-order valence-electron chi connectivity index (χ1n) is 7.59. The molecule has 0 amide bonds. The second kappa shape index (κ2) is 5.71. The van der Waals surface area contributed by atoms with Crippen LogP contribution in [0.3, 0.4) is 0 Å². The summed E-state index contributed by atoms with van der Waals surface area (Å²) in [5.41, 5.74) is 0.650. The molecule has 0 radical (unpaired) electrons. The molecule has 1 saturated carbocycles. The first-order valence-corrected chi connectivity index (χ1v) is 7.59. The van der Waals surface area contributed by atoms with Gasteiger partial charge in [0.2, 0.25) is 0 Å². The van der Waals surface area contributed by atoms with E-state index >= 15 is 0 Å². The molecule has 1 N–H and O–H groups in total. The number of hydrogen-bond acceptors (Lipinski definition) is 2. The van der Waals surface area contributed by atoms with E-state index < -0.39 is 0 Å². The standard InChI is InChI=1S/C15H30N2/c1-4-9-17-10-5-14(6-11-17)13(2)16-12-15(3)7-8-15/h13-14,16H,4-12H2,1-3H3. The minimum absolute atomic E-state index is 0.650. The molecule has 1 aliphatic carbocycles. The number of rotatable bonds is 6. The van der Waals surface area contributed by atoms with Gasteiger partial charge in [-0.05, 0) is 70.0 Å². The number of hydrogen-bond donors (Lipinski definition) is 1. The Bertz CT molecular complexity index is 227. The predicted molar refractivity (Wildman–Crippen MR) is 74.3 cm³/mol. The number of likely N-dealkylation sites (tertiary alicyclic amines) is 1. The van der Waals surface area contributed by atoms with Crippen molar-refractivity contribution in [1.29, 1.82) is 0 Å². The summed E-state index contributed by atoms with van der Waals surface area (Å²) in [4.78, 5) is 2.63. The highest BCUT2D eigenvalue weighted by Crippen LogP contribution is 2.44. The zero-order chi connectivity index (χ0) is 12.3. The molecule has 0 spiro atoms. The van der Waals surface area contributed by atoms with Crippen molar-refractivity contribution < 1.29 is 0 Å². The zero-order valence-electron chi connectivity index (χ0n) is 12.0. The lowest BCUT2D eigenvalue weighted by Gasteiger charge is -2.35. The second-order valence-corrected chi connectivity index (χ2v) is 6.66. The summed E-state index contributed by atoms with van der Waals surface area (Å²) in [7, 11) is 0. The van der Waals surface area contributed by atoms with Crippen molar-refractivity contribution >= 4 is 0 Å². The SMILES string of the molecule is CCCN1CCC(C(C)NCC2(C)CC2)CC1. The normalized spacial score (nSPS) is 27.0. The van der Waals surface area contributed by atoms with Crippen LogP contribution in [0.15, 0.2) is 0 Å². The van der Waals surface area contributed by atoms with E-state index in [1.807, 2.05) is 0 Å². The van der Waals surface area contributed by atoms with Gasteiger partial charge >= 0.3 is 0 Å². The summed E-state index contributed by atoms with van der Waals surface area (Å²) in [6.45, 7) is 12.3. The Hall–Kier alpha value is -0.0800. The molecule has 1 heterocycles. The molecular weight excluding hydrogens is 208 g/mol. The summed E-state index contributed by atoms with van der Waals surface area (Å²) in [5, 5.41) is 3.78. The molecule has 1 aliphatic heterocycles. The third-order valence-corrected chi connectivity index (χ3v) is 4.83. The van der Waals surface area contributed by atoms with E-state index in [1.165, 1.54) is 58.3 Å². The molecule has 0 aromatic carbocycles. The minimum Gasteiger partial charge on any atom is -0.313 e. The van der Waals surface area contributed by atoms with E-state index in [0.29, 0.717) is 5.41 Å². The van der Waals surface area contributed by atoms with E-state index in [0.717, 1.165) is 12.0 Å². The van der Waals surface area contributed by atoms with Gasteiger partial charge in [-0.1, -0.05) is 13.8 Å². The van der Waals surface area contributed by atoms with Crippen LogP contribution < -0.4 is 5.32 Å². The molecule has 0 aromatic rings. The first-order chi connectivity index (χ1) is 8.13. The fourth-order valence-corrected chi connectivity index (χ4v) is 2.96. The average Bonchev–Trinajstić information content (AvgIpc) is 3.06. The lowest BCUT2D eigenvalue weighted by Crippen LogP contribution is -2.43. The number of nitrogens with one attached hydrogen (secondary N) is 1.